The normalized spacial score (nSPS) is 16.5. The first-order chi connectivity index (χ1) is 6.63. The molecule has 0 radical (unpaired) electrons. The molecule has 0 N–H and O–H groups in total. The van der Waals surface area contributed by atoms with Crippen LogP contribution in [0.15, 0.2) is 37.4 Å². The monoisotopic (exact) mass is 184 g/mol. The van der Waals surface area contributed by atoms with Gasteiger partial charge in [-0.15, -0.1) is 0 Å². The Labute approximate surface area is 86.0 Å². The Morgan fingerprint density at radius 1 is 1.00 bits per heavy atom. The van der Waals surface area contributed by atoms with Gasteiger partial charge in [0, 0.05) is 5.92 Å². The summed E-state index contributed by atoms with van der Waals surface area (Å²) < 4.78 is 0. The third-order valence-corrected chi connectivity index (χ3v) is 3.04. The lowest BCUT2D eigenvalue weighted by molar-refractivity contribution is 0.584. The summed E-state index contributed by atoms with van der Waals surface area (Å²) in [7, 11) is 0. The number of hydrogen-bond donors (Lipinski definition) is 0. The smallest absolute Gasteiger partial charge is 0.0113 e. The highest BCUT2D eigenvalue weighted by atomic mass is 14.3. The van der Waals surface area contributed by atoms with Gasteiger partial charge in [-0.2, -0.15) is 0 Å². The predicted octanol–water partition coefficient (Wildman–Crippen LogP) is 4.00. The number of allylic oxidation sites excluding steroid dienone is 2. The van der Waals surface area contributed by atoms with E-state index in [0.29, 0.717) is 11.8 Å². The van der Waals surface area contributed by atoms with Crippen LogP contribution < -0.4 is 0 Å². The SMILES string of the molecule is C=C1c2ccccc2C(=C)C1C(C)C. The van der Waals surface area contributed by atoms with E-state index in [-0.39, 0.29) is 0 Å². The highest BCUT2D eigenvalue weighted by Crippen LogP contribution is 2.46. The maximum Gasteiger partial charge on any atom is 0.0113 e. The molecule has 0 heterocycles. The second-order valence-corrected chi connectivity index (χ2v) is 4.32. The molecule has 2 rings (SSSR count). The molecule has 0 spiro atoms. The lowest BCUT2D eigenvalue weighted by Crippen LogP contribution is -2.05. The summed E-state index contributed by atoms with van der Waals surface area (Å²) >= 11 is 0. The average Bonchev–Trinajstić information content (AvgIpc) is 2.41. The van der Waals surface area contributed by atoms with Gasteiger partial charge in [-0.25, -0.2) is 0 Å². The van der Waals surface area contributed by atoms with E-state index in [1.165, 1.54) is 22.3 Å². The minimum Gasteiger partial charge on any atom is -0.0946 e. The Kier molecular flexibility index (Phi) is 2.07. The van der Waals surface area contributed by atoms with Gasteiger partial charge in [0.2, 0.25) is 0 Å². The summed E-state index contributed by atoms with van der Waals surface area (Å²) in [6, 6.07) is 8.43. The highest BCUT2D eigenvalue weighted by molar-refractivity contribution is 5.93. The molecule has 14 heavy (non-hydrogen) atoms. The molecule has 0 nitrogen and oxygen atoms in total. The molecule has 1 aliphatic carbocycles. The quantitative estimate of drug-likeness (QED) is 0.619. The Hall–Kier alpha value is -1.30. The van der Waals surface area contributed by atoms with Crippen molar-refractivity contribution in [1.29, 1.82) is 0 Å². The van der Waals surface area contributed by atoms with Crippen molar-refractivity contribution in [3.63, 3.8) is 0 Å². The van der Waals surface area contributed by atoms with Gasteiger partial charge >= 0.3 is 0 Å². The summed E-state index contributed by atoms with van der Waals surface area (Å²) in [5.41, 5.74) is 5.05. The zero-order chi connectivity index (χ0) is 10.3. The van der Waals surface area contributed by atoms with E-state index in [0.717, 1.165) is 0 Å². The Morgan fingerprint density at radius 2 is 1.43 bits per heavy atom. The molecule has 0 saturated heterocycles. The predicted molar refractivity (Wildman–Crippen MR) is 62.8 cm³/mol. The Bertz CT molecular complexity index is 361. The van der Waals surface area contributed by atoms with Crippen LogP contribution in [0.25, 0.3) is 11.1 Å². The Morgan fingerprint density at radius 3 is 1.79 bits per heavy atom. The number of fused-ring (bicyclic) bond motifs is 1. The Balaban J connectivity index is 2.54. The van der Waals surface area contributed by atoms with E-state index in [4.69, 9.17) is 0 Å². The van der Waals surface area contributed by atoms with Crippen LogP contribution in [0.1, 0.15) is 25.0 Å². The molecule has 0 aromatic heterocycles. The molecule has 0 bridgehead atoms. The molecular weight excluding hydrogens is 168 g/mol. The molecule has 0 amide bonds. The van der Waals surface area contributed by atoms with Crippen molar-refractivity contribution in [3.05, 3.63) is 48.6 Å². The van der Waals surface area contributed by atoms with Crippen LogP contribution in [0, 0.1) is 11.8 Å². The zero-order valence-electron chi connectivity index (χ0n) is 8.88. The van der Waals surface area contributed by atoms with E-state index in [1.807, 2.05) is 0 Å². The van der Waals surface area contributed by atoms with Gasteiger partial charge < -0.3 is 0 Å². The van der Waals surface area contributed by atoms with Crippen LogP contribution >= 0.6 is 0 Å². The summed E-state index contributed by atoms with van der Waals surface area (Å²) in [5, 5.41) is 0. The molecule has 1 aromatic carbocycles. The van der Waals surface area contributed by atoms with E-state index >= 15 is 0 Å². The number of rotatable bonds is 1. The van der Waals surface area contributed by atoms with E-state index in [9.17, 15) is 0 Å². The molecule has 0 fully saturated rings. The van der Waals surface area contributed by atoms with Crippen molar-refractivity contribution < 1.29 is 0 Å². The van der Waals surface area contributed by atoms with Crippen LogP contribution in [0.4, 0.5) is 0 Å². The van der Waals surface area contributed by atoms with Crippen molar-refractivity contribution in [2.75, 3.05) is 0 Å². The van der Waals surface area contributed by atoms with Crippen LogP contribution in [0.3, 0.4) is 0 Å². The van der Waals surface area contributed by atoms with Gasteiger partial charge in [0.1, 0.15) is 0 Å². The summed E-state index contributed by atoms with van der Waals surface area (Å²) in [6.07, 6.45) is 0. The van der Waals surface area contributed by atoms with Gasteiger partial charge in [0.15, 0.2) is 0 Å². The van der Waals surface area contributed by atoms with Gasteiger partial charge in [-0.05, 0) is 28.2 Å². The maximum atomic E-state index is 4.19. The first-order valence-corrected chi connectivity index (χ1v) is 5.10. The number of hydrogen-bond acceptors (Lipinski definition) is 0. The highest BCUT2D eigenvalue weighted by Gasteiger charge is 2.30. The molecule has 0 atom stereocenters. The fourth-order valence-electron chi connectivity index (χ4n) is 2.39. The molecule has 0 unspecified atom stereocenters. The molecular formula is C14H16. The van der Waals surface area contributed by atoms with E-state index < -0.39 is 0 Å². The van der Waals surface area contributed by atoms with Crippen molar-refractivity contribution in [1.82, 2.24) is 0 Å². The van der Waals surface area contributed by atoms with Crippen molar-refractivity contribution in [3.8, 4) is 0 Å². The van der Waals surface area contributed by atoms with Gasteiger partial charge in [-0.1, -0.05) is 51.3 Å². The lowest BCUT2D eigenvalue weighted by atomic mass is 9.87. The average molecular weight is 184 g/mol. The van der Waals surface area contributed by atoms with Crippen molar-refractivity contribution in [2.24, 2.45) is 11.8 Å². The van der Waals surface area contributed by atoms with E-state index in [2.05, 4.69) is 51.3 Å². The fraction of sp³-hybridized carbons (Fsp3) is 0.286. The minimum atomic E-state index is 0.437. The molecule has 1 aromatic rings. The van der Waals surface area contributed by atoms with Crippen molar-refractivity contribution >= 4 is 11.1 Å². The molecule has 0 aliphatic heterocycles. The van der Waals surface area contributed by atoms with Gasteiger partial charge in [0.25, 0.3) is 0 Å². The number of benzene rings is 1. The minimum absolute atomic E-state index is 0.437. The van der Waals surface area contributed by atoms with Gasteiger partial charge in [-0.3, -0.25) is 0 Å². The molecule has 1 aliphatic rings. The van der Waals surface area contributed by atoms with Gasteiger partial charge in [0.05, 0.1) is 0 Å². The molecule has 72 valence electrons. The first-order valence-electron chi connectivity index (χ1n) is 5.10. The first kappa shape index (κ1) is 9.26. The third-order valence-electron chi connectivity index (χ3n) is 3.04. The van der Waals surface area contributed by atoms with Crippen LogP contribution in [-0.2, 0) is 0 Å². The second-order valence-electron chi connectivity index (χ2n) is 4.32. The largest absolute Gasteiger partial charge is 0.0946 e. The molecule has 0 saturated carbocycles. The van der Waals surface area contributed by atoms with Crippen LogP contribution in [0.2, 0.25) is 0 Å². The van der Waals surface area contributed by atoms with E-state index in [1.54, 1.807) is 0 Å². The summed E-state index contributed by atoms with van der Waals surface area (Å²) in [5.74, 6) is 1.02. The molecule has 0 heteroatoms. The summed E-state index contributed by atoms with van der Waals surface area (Å²) in [6.45, 7) is 12.8. The van der Waals surface area contributed by atoms with Crippen molar-refractivity contribution in [2.45, 2.75) is 13.8 Å². The third kappa shape index (κ3) is 1.14. The summed E-state index contributed by atoms with van der Waals surface area (Å²) in [4.78, 5) is 0. The van der Waals surface area contributed by atoms with Crippen LogP contribution in [-0.4, -0.2) is 0 Å². The zero-order valence-corrected chi connectivity index (χ0v) is 8.88. The fourth-order valence-corrected chi connectivity index (χ4v) is 2.39. The van der Waals surface area contributed by atoms with Crippen LogP contribution in [0.5, 0.6) is 0 Å². The second kappa shape index (κ2) is 3.13. The topological polar surface area (TPSA) is 0 Å². The standard InChI is InChI=1S/C14H16/c1-9(2)14-10(3)12-7-5-6-8-13(12)11(14)4/h5-9,14H,3-4H2,1-2H3. The lowest BCUT2D eigenvalue weighted by Gasteiger charge is -2.17. The maximum absolute atomic E-state index is 4.19.